The average molecular weight is 320 g/mol. The van der Waals surface area contributed by atoms with Crippen LogP contribution >= 0.6 is 0 Å². The second kappa shape index (κ2) is 9.58. The van der Waals surface area contributed by atoms with E-state index in [9.17, 15) is 14.4 Å². The lowest BCUT2D eigenvalue weighted by molar-refractivity contribution is -0.120. The van der Waals surface area contributed by atoms with Crippen LogP contribution in [0.15, 0.2) is 24.3 Å². The Hall–Kier alpha value is -2.41. The molecule has 1 aromatic carbocycles. The second-order valence-electron chi connectivity index (χ2n) is 4.88. The number of benzene rings is 1. The molecule has 23 heavy (non-hydrogen) atoms. The molecule has 0 atom stereocenters. The van der Waals surface area contributed by atoms with Crippen LogP contribution in [0.2, 0.25) is 0 Å². The molecule has 0 aromatic heterocycles. The van der Waals surface area contributed by atoms with Gasteiger partial charge in [-0.05, 0) is 38.1 Å². The van der Waals surface area contributed by atoms with Crippen molar-refractivity contribution in [2.45, 2.75) is 13.8 Å². The summed E-state index contributed by atoms with van der Waals surface area (Å²) in [6.07, 6.45) is 0. The number of likely N-dealkylation sites (N-methyl/N-ethyl adjacent to an activating group) is 1. The molecule has 0 radical (unpaired) electrons. The molecule has 126 valence electrons. The molecule has 3 amide bonds. The molecule has 0 unspecified atom stereocenters. The van der Waals surface area contributed by atoms with Crippen molar-refractivity contribution >= 4 is 23.4 Å². The van der Waals surface area contributed by atoms with Crippen molar-refractivity contribution < 1.29 is 14.4 Å². The summed E-state index contributed by atoms with van der Waals surface area (Å²) in [4.78, 5) is 36.6. The Balaban J connectivity index is 2.52. The van der Waals surface area contributed by atoms with Crippen molar-refractivity contribution in [2.75, 3.05) is 38.5 Å². The zero-order chi connectivity index (χ0) is 17.2. The number of rotatable bonds is 8. The van der Waals surface area contributed by atoms with E-state index in [1.807, 2.05) is 13.8 Å². The zero-order valence-electron chi connectivity index (χ0n) is 13.8. The number of anilines is 1. The predicted molar refractivity (Wildman–Crippen MR) is 89.3 cm³/mol. The van der Waals surface area contributed by atoms with E-state index in [2.05, 4.69) is 16.0 Å². The Kier molecular flexibility index (Phi) is 7.76. The van der Waals surface area contributed by atoms with Gasteiger partial charge in [0.25, 0.3) is 5.91 Å². The number of carbonyl (C=O) groups excluding carboxylic acids is 3. The molecule has 0 spiro atoms. The molecule has 1 aromatic rings. The monoisotopic (exact) mass is 320 g/mol. The van der Waals surface area contributed by atoms with Crippen LogP contribution in [0.1, 0.15) is 24.2 Å². The Morgan fingerprint density at radius 1 is 0.957 bits per heavy atom. The number of hydrogen-bond donors (Lipinski definition) is 3. The summed E-state index contributed by atoms with van der Waals surface area (Å²) in [7, 11) is 1.53. The summed E-state index contributed by atoms with van der Waals surface area (Å²) >= 11 is 0. The maximum Gasteiger partial charge on any atom is 0.253 e. The molecule has 3 N–H and O–H groups in total. The summed E-state index contributed by atoms with van der Waals surface area (Å²) in [6.45, 7) is 5.30. The first-order chi connectivity index (χ1) is 11.0. The third kappa shape index (κ3) is 6.07. The van der Waals surface area contributed by atoms with Crippen LogP contribution in [0.5, 0.6) is 0 Å². The van der Waals surface area contributed by atoms with Crippen LogP contribution in [0, 0.1) is 0 Å². The molecule has 7 heteroatoms. The van der Waals surface area contributed by atoms with E-state index in [-0.39, 0.29) is 30.8 Å². The fraction of sp³-hybridized carbons (Fsp3) is 0.438. The summed E-state index contributed by atoms with van der Waals surface area (Å²) in [5.74, 6) is -0.464. The highest BCUT2D eigenvalue weighted by molar-refractivity contribution is 5.96. The molecule has 0 saturated heterocycles. The molecule has 7 nitrogen and oxygen atoms in total. The lowest BCUT2D eigenvalue weighted by Gasteiger charge is -2.18. The van der Waals surface area contributed by atoms with Gasteiger partial charge in [-0.1, -0.05) is 0 Å². The standard InChI is InChI=1S/C16H24N4O3/c1-4-20(5-2)16(23)12-6-8-13(9-7-12)19-15(22)11-18-10-14(21)17-3/h6-9,18H,4-5,10-11H2,1-3H3,(H,17,21)(H,19,22). The van der Waals surface area contributed by atoms with E-state index in [0.717, 1.165) is 0 Å². The molecule has 0 aliphatic rings. The molecular formula is C16H24N4O3. The smallest absolute Gasteiger partial charge is 0.253 e. The maximum absolute atomic E-state index is 12.2. The van der Waals surface area contributed by atoms with Gasteiger partial charge in [0, 0.05) is 31.4 Å². The van der Waals surface area contributed by atoms with Crippen molar-refractivity contribution in [3.05, 3.63) is 29.8 Å². The van der Waals surface area contributed by atoms with Crippen molar-refractivity contribution in [1.82, 2.24) is 15.5 Å². The normalized spacial score (nSPS) is 10.0. The van der Waals surface area contributed by atoms with Crippen molar-refractivity contribution in [3.63, 3.8) is 0 Å². The molecule has 0 aliphatic heterocycles. The summed E-state index contributed by atoms with van der Waals surface area (Å²) < 4.78 is 0. The lowest BCUT2D eigenvalue weighted by atomic mass is 10.1. The van der Waals surface area contributed by atoms with E-state index < -0.39 is 0 Å². The molecule has 1 rings (SSSR count). The van der Waals surface area contributed by atoms with Gasteiger partial charge in [0.05, 0.1) is 13.1 Å². The van der Waals surface area contributed by atoms with E-state index in [1.54, 1.807) is 29.2 Å². The lowest BCUT2D eigenvalue weighted by Crippen LogP contribution is -2.36. The van der Waals surface area contributed by atoms with Crippen molar-refractivity contribution in [1.29, 1.82) is 0 Å². The van der Waals surface area contributed by atoms with Crippen molar-refractivity contribution in [2.24, 2.45) is 0 Å². The minimum atomic E-state index is -0.253. The first kappa shape index (κ1) is 18.6. The van der Waals surface area contributed by atoms with Gasteiger partial charge in [0.2, 0.25) is 11.8 Å². The van der Waals surface area contributed by atoms with Crippen LogP contribution in [0.25, 0.3) is 0 Å². The molecule has 0 heterocycles. The minimum Gasteiger partial charge on any atom is -0.358 e. The number of carbonyl (C=O) groups is 3. The molecule has 0 bridgehead atoms. The number of amides is 3. The van der Waals surface area contributed by atoms with Gasteiger partial charge in [-0.2, -0.15) is 0 Å². The quantitative estimate of drug-likeness (QED) is 0.648. The highest BCUT2D eigenvalue weighted by Crippen LogP contribution is 2.11. The summed E-state index contributed by atoms with van der Waals surface area (Å²) in [6, 6.07) is 6.75. The third-order valence-electron chi connectivity index (χ3n) is 3.32. The number of hydrogen-bond acceptors (Lipinski definition) is 4. The van der Waals surface area contributed by atoms with Gasteiger partial charge in [-0.15, -0.1) is 0 Å². The summed E-state index contributed by atoms with van der Waals surface area (Å²) in [5.41, 5.74) is 1.19. The van der Waals surface area contributed by atoms with E-state index >= 15 is 0 Å². The largest absolute Gasteiger partial charge is 0.358 e. The molecule has 0 fully saturated rings. The van der Waals surface area contributed by atoms with Crippen LogP contribution in [0.4, 0.5) is 5.69 Å². The number of nitrogens with zero attached hydrogens (tertiary/aromatic N) is 1. The summed E-state index contributed by atoms with van der Waals surface area (Å²) in [5, 5.41) is 7.88. The highest BCUT2D eigenvalue weighted by atomic mass is 16.2. The Morgan fingerprint density at radius 3 is 2.04 bits per heavy atom. The Labute approximate surface area is 136 Å². The number of nitrogens with one attached hydrogen (secondary N) is 3. The zero-order valence-corrected chi connectivity index (χ0v) is 13.8. The van der Waals surface area contributed by atoms with E-state index in [1.165, 1.54) is 7.05 Å². The molecule has 0 saturated carbocycles. The van der Waals surface area contributed by atoms with Crippen LogP contribution in [-0.4, -0.2) is 55.8 Å². The van der Waals surface area contributed by atoms with Gasteiger partial charge in [0.1, 0.15) is 0 Å². The van der Waals surface area contributed by atoms with Crippen LogP contribution in [-0.2, 0) is 9.59 Å². The van der Waals surface area contributed by atoms with Gasteiger partial charge in [0.15, 0.2) is 0 Å². The fourth-order valence-electron chi connectivity index (χ4n) is 1.97. The molecule has 0 aliphatic carbocycles. The van der Waals surface area contributed by atoms with Gasteiger partial charge >= 0.3 is 0 Å². The SMILES string of the molecule is CCN(CC)C(=O)c1ccc(NC(=O)CNCC(=O)NC)cc1. The van der Waals surface area contributed by atoms with Gasteiger partial charge in [-0.25, -0.2) is 0 Å². The Bertz CT molecular complexity index is 539. The predicted octanol–water partition coefficient (Wildman–Crippen LogP) is 0.443. The topological polar surface area (TPSA) is 90.5 Å². The minimum absolute atomic E-state index is 0.0277. The van der Waals surface area contributed by atoms with Crippen LogP contribution < -0.4 is 16.0 Å². The highest BCUT2D eigenvalue weighted by Gasteiger charge is 2.12. The van der Waals surface area contributed by atoms with Gasteiger partial charge in [-0.3, -0.25) is 19.7 Å². The first-order valence-corrected chi connectivity index (χ1v) is 7.62. The fourth-order valence-corrected chi connectivity index (χ4v) is 1.97. The second-order valence-corrected chi connectivity index (χ2v) is 4.88. The van der Waals surface area contributed by atoms with Crippen LogP contribution in [0.3, 0.4) is 0 Å². The maximum atomic E-state index is 12.2. The van der Waals surface area contributed by atoms with Crippen molar-refractivity contribution in [3.8, 4) is 0 Å². The third-order valence-corrected chi connectivity index (χ3v) is 3.32. The van der Waals surface area contributed by atoms with E-state index in [4.69, 9.17) is 0 Å². The average Bonchev–Trinajstić information content (AvgIpc) is 2.56. The van der Waals surface area contributed by atoms with Gasteiger partial charge < -0.3 is 15.5 Å². The first-order valence-electron chi connectivity index (χ1n) is 7.62. The Morgan fingerprint density at radius 2 is 1.52 bits per heavy atom. The molecular weight excluding hydrogens is 296 g/mol. The van der Waals surface area contributed by atoms with E-state index in [0.29, 0.717) is 24.3 Å².